The zero-order chi connectivity index (χ0) is 18.4. The summed E-state index contributed by atoms with van der Waals surface area (Å²) in [4.78, 5) is 15.9. The fourth-order valence-corrected chi connectivity index (χ4v) is 3.04. The summed E-state index contributed by atoms with van der Waals surface area (Å²) < 4.78 is 19.4. The Kier molecular flexibility index (Phi) is 6.17. The van der Waals surface area contributed by atoms with Crippen LogP contribution in [0.15, 0.2) is 48.5 Å². The lowest BCUT2D eigenvalue weighted by atomic mass is 10.2. The van der Waals surface area contributed by atoms with E-state index in [0.29, 0.717) is 55.8 Å². The number of rotatable bonds is 5. The van der Waals surface area contributed by atoms with Gasteiger partial charge in [0.1, 0.15) is 18.2 Å². The first kappa shape index (κ1) is 18.3. The number of anilines is 1. The monoisotopic (exact) mass is 377 g/mol. The normalized spacial score (nSPS) is 14.2. The molecule has 0 radical (unpaired) electrons. The molecule has 2 amide bonds. The summed E-state index contributed by atoms with van der Waals surface area (Å²) in [6, 6.07) is 13.8. The summed E-state index contributed by atoms with van der Waals surface area (Å²) in [7, 11) is 0. The lowest BCUT2D eigenvalue weighted by Crippen LogP contribution is -2.52. The van der Waals surface area contributed by atoms with Crippen LogP contribution < -0.4 is 15.0 Å². The molecule has 3 rings (SSSR count). The Morgan fingerprint density at radius 2 is 1.77 bits per heavy atom. The maximum absolute atomic E-state index is 13.8. The number of hydrogen-bond acceptors (Lipinski definition) is 3. The lowest BCUT2D eigenvalue weighted by molar-refractivity contribution is 0.191. The van der Waals surface area contributed by atoms with Crippen LogP contribution in [0.3, 0.4) is 0 Å². The van der Waals surface area contributed by atoms with E-state index in [1.807, 2.05) is 23.1 Å². The molecule has 1 N–H and O–H groups in total. The van der Waals surface area contributed by atoms with Crippen LogP contribution >= 0.6 is 11.6 Å². The molecule has 1 saturated heterocycles. The molecule has 0 saturated carbocycles. The second kappa shape index (κ2) is 8.76. The van der Waals surface area contributed by atoms with Crippen molar-refractivity contribution in [2.75, 3.05) is 44.2 Å². The number of urea groups is 1. The van der Waals surface area contributed by atoms with Gasteiger partial charge in [-0.25, -0.2) is 9.18 Å². The molecular weight excluding hydrogens is 357 g/mol. The van der Waals surface area contributed by atoms with E-state index in [1.54, 1.807) is 29.2 Å². The number of ether oxygens (including phenoxy) is 1. The van der Waals surface area contributed by atoms with E-state index in [2.05, 4.69) is 5.32 Å². The van der Waals surface area contributed by atoms with Crippen LogP contribution in [0.25, 0.3) is 0 Å². The largest absolute Gasteiger partial charge is 0.490 e. The highest BCUT2D eigenvalue weighted by atomic mass is 35.5. The van der Waals surface area contributed by atoms with Gasteiger partial charge in [-0.3, -0.25) is 0 Å². The van der Waals surface area contributed by atoms with Gasteiger partial charge >= 0.3 is 6.03 Å². The first-order valence-electron chi connectivity index (χ1n) is 8.55. The summed E-state index contributed by atoms with van der Waals surface area (Å²) in [6.45, 7) is 3.02. The van der Waals surface area contributed by atoms with E-state index in [0.717, 1.165) is 0 Å². The topological polar surface area (TPSA) is 44.8 Å². The first-order chi connectivity index (χ1) is 12.6. The van der Waals surface area contributed by atoms with E-state index in [-0.39, 0.29) is 11.8 Å². The van der Waals surface area contributed by atoms with Crippen molar-refractivity contribution in [2.24, 2.45) is 0 Å². The number of piperazine rings is 1. The van der Waals surface area contributed by atoms with Gasteiger partial charge in [-0.2, -0.15) is 0 Å². The number of hydrogen-bond donors (Lipinski definition) is 1. The Morgan fingerprint density at radius 1 is 1.08 bits per heavy atom. The molecule has 0 spiro atoms. The Morgan fingerprint density at radius 3 is 2.50 bits per heavy atom. The molecule has 26 heavy (non-hydrogen) atoms. The van der Waals surface area contributed by atoms with Crippen LogP contribution in [-0.2, 0) is 0 Å². The fraction of sp³-hybridized carbons (Fsp3) is 0.316. The van der Waals surface area contributed by atoms with Crippen LogP contribution in [0.1, 0.15) is 0 Å². The number of carbonyl (C=O) groups excluding carboxylic acids is 1. The van der Waals surface area contributed by atoms with Crippen molar-refractivity contribution >= 4 is 23.3 Å². The second-order valence-corrected chi connectivity index (χ2v) is 6.34. The summed E-state index contributed by atoms with van der Waals surface area (Å²) in [5, 5.41) is 3.38. The Bertz CT molecular complexity index is 751. The molecule has 1 aliphatic rings. The third kappa shape index (κ3) is 4.58. The molecule has 5 nitrogen and oxygen atoms in total. The molecule has 0 unspecified atom stereocenters. The average Bonchev–Trinajstić information content (AvgIpc) is 2.67. The SMILES string of the molecule is O=C(NCCOc1ccccc1Cl)N1CCN(c2ccccc2F)CC1. The summed E-state index contributed by atoms with van der Waals surface area (Å²) >= 11 is 6.01. The second-order valence-electron chi connectivity index (χ2n) is 5.94. The fourth-order valence-electron chi connectivity index (χ4n) is 2.85. The minimum absolute atomic E-state index is 0.138. The van der Waals surface area contributed by atoms with Crippen LogP contribution in [0.5, 0.6) is 5.75 Å². The van der Waals surface area contributed by atoms with Crippen molar-refractivity contribution in [1.29, 1.82) is 0 Å². The van der Waals surface area contributed by atoms with E-state index in [1.165, 1.54) is 6.07 Å². The zero-order valence-corrected chi connectivity index (χ0v) is 15.1. The number of carbonyl (C=O) groups is 1. The summed E-state index contributed by atoms with van der Waals surface area (Å²) in [5.41, 5.74) is 0.584. The third-order valence-electron chi connectivity index (χ3n) is 4.23. The zero-order valence-electron chi connectivity index (χ0n) is 14.3. The Balaban J connectivity index is 1.40. The third-order valence-corrected chi connectivity index (χ3v) is 4.54. The van der Waals surface area contributed by atoms with Crippen LogP contribution in [0.2, 0.25) is 5.02 Å². The lowest BCUT2D eigenvalue weighted by Gasteiger charge is -2.36. The van der Waals surface area contributed by atoms with Gasteiger partial charge in [-0.15, -0.1) is 0 Å². The van der Waals surface area contributed by atoms with Crippen LogP contribution in [-0.4, -0.2) is 50.3 Å². The van der Waals surface area contributed by atoms with Crippen molar-refractivity contribution in [1.82, 2.24) is 10.2 Å². The van der Waals surface area contributed by atoms with Gasteiger partial charge in [-0.05, 0) is 24.3 Å². The maximum Gasteiger partial charge on any atom is 0.317 e. The highest BCUT2D eigenvalue weighted by Gasteiger charge is 2.22. The minimum Gasteiger partial charge on any atom is -0.490 e. The van der Waals surface area contributed by atoms with Gasteiger partial charge in [-0.1, -0.05) is 35.9 Å². The van der Waals surface area contributed by atoms with Gasteiger partial charge in [0.15, 0.2) is 0 Å². The number of halogens is 2. The molecule has 7 heteroatoms. The number of para-hydroxylation sites is 2. The molecule has 138 valence electrons. The molecule has 2 aromatic rings. The standard InChI is InChI=1S/C19H21ClFN3O2/c20-15-5-1-4-8-18(15)26-14-9-22-19(25)24-12-10-23(11-13-24)17-7-3-2-6-16(17)21/h1-8H,9-14H2,(H,22,25). The molecule has 0 atom stereocenters. The Labute approximate surface area is 157 Å². The van der Waals surface area contributed by atoms with Crippen molar-refractivity contribution in [2.45, 2.75) is 0 Å². The number of benzene rings is 2. The quantitative estimate of drug-likeness (QED) is 0.812. The van der Waals surface area contributed by atoms with E-state index in [4.69, 9.17) is 16.3 Å². The summed E-state index contributed by atoms with van der Waals surface area (Å²) in [6.07, 6.45) is 0. The van der Waals surface area contributed by atoms with Gasteiger partial charge < -0.3 is 19.9 Å². The van der Waals surface area contributed by atoms with Gasteiger partial charge in [0.2, 0.25) is 0 Å². The van der Waals surface area contributed by atoms with Gasteiger partial charge in [0.25, 0.3) is 0 Å². The van der Waals surface area contributed by atoms with Crippen molar-refractivity contribution in [3.05, 3.63) is 59.4 Å². The average molecular weight is 378 g/mol. The predicted octanol–water partition coefficient (Wildman–Crippen LogP) is 3.39. The highest BCUT2D eigenvalue weighted by molar-refractivity contribution is 6.32. The summed E-state index contributed by atoms with van der Waals surface area (Å²) in [5.74, 6) is 0.365. The maximum atomic E-state index is 13.8. The van der Waals surface area contributed by atoms with E-state index < -0.39 is 0 Å². The number of amides is 2. The number of nitrogens with one attached hydrogen (secondary N) is 1. The molecule has 0 aromatic heterocycles. The number of nitrogens with zero attached hydrogens (tertiary/aromatic N) is 2. The van der Waals surface area contributed by atoms with Crippen molar-refractivity contribution < 1.29 is 13.9 Å². The first-order valence-corrected chi connectivity index (χ1v) is 8.92. The van der Waals surface area contributed by atoms with Crippen molar-refractivity contribution in [3.63, 3.8) is 0 Å². The smallest absolute Gasteiger partial charge is 0.317 e. The molecule has 1 fully saturated rings. The molecule has 1 aliphatic heterocycles. The van der Waals surface area contributed by atoms with E-state index in [9.17, 15) is 9.18 Å². The van der Waals surface area contributed by atoms with Crippen molar-refractivity contribution in [3.8, 4) is 5.75 Å². The van der Waals surface area contributed by atoms with E-state index >= 15 is 0 Å². The van der Waals surface area contributed by atoms with Crippen LogP contribution in [0, 0.1) is 5.82 Å². The minimum atomic E-state index is -0.234. The molecule has 0 bridgehead atoms. The van der Waals surface area contributed by atoms with Gasteiger partial charge in [0.05, 0.1) is 17.3 Å². The molecule has 2 aromatic carbocycles. The van der Waals surface area contributed by atoms with Gasteiger partial charge in [0, 0.05) is 26.2 Å². The predicted molar refractivity (Wildman–Crippen MR) is 101 cm³/mol. The molecule has 1 heterocycles. The highest BCUT2D eigenvalue weighted by Crippen LogP contribution is 2.23. The Hall–Kier alpha value is -2.47. The van der Waals surface area contributed by atoms with Crippen LogP contribution in [0.4, 0.5) is 14.9 Å². The molecule has 0 aliphatic carbocycles. The molecular formula is C19H21ClFN3O2.